The Bertz CT molecular complexity index is 963. The monoisotopic (exact) mass is 375 g/mol. The lowest BCUT2D eigenvalue weighted by Gasteiger charge is -2.11. The zero-order chi connectivity index (χ0) is 16.4. The van der Waals surface area contributed by atoms with Gasteiger partial charge in [-0.1, -0.05) is 76.6 Å². The third-order valence-electron chi connectivity index (χ3n) is 3.79. The van der Waals surface area contributed by atoms with Gasteiger partial charge in [-0.2, -0.15) is 0 Å². The highest BCUT2D eigenvalue weighted by atomic mass is 79.9. The van der Waals surface area contributed by atoms with Gasteiger partial charge in [0.05, 0.1) is 0 Å². The first-order chi connectivity index (χ1) is 11.8. The van der Waals surface area contributed by atoms with Gasteiger partial charge in [0.2, 0.25) is 0 Å². The van der Waals surface area contributed by atoms with Crippen molar-refractivity contribution in [3.05, 3.63) is 89.4 Å². The van der Waals surface area contributed by atoms with E-state index in [-0.39, 0.29) is 0 Å². The van der Waals surface area contributed by atoms with Crippen LogP contribution in [0, 0.1) is 0 Å². The number of benzene rings is 3. The summed E-state index contributed by atoms with van der Waals surface area (Å²) in [6.07, 6.45) is 0. The number of nitrogens with zero attached hydrogens (tertiary/aromatic N) is 3. The Hall–Kier alpha value is -2.72. The molecule has 24 heavy (non-hydrogen) atoms. The van der Waals surface area contributed by atoms with Crippen molar-refractivity contribution < 1.29 is 0 Å². The Morgan fingerprint density at radius 2 is 1.21 bits per heavy atom. The van der Waals surface area contributed by atoms with Gasteiger partial charge in [-0.15, -0.1) is 10.2 Å². The molecule has 0 unspecified atom stereocenters. The number of rotatable bonds is 3. The summed E-state index contributed by atoms with van der Waals surface area (Å²) in [4.78, 5) is 0. The second-order valence-corrected chi connectivity index (χ2v) is 6.31. The summed E-state index contributed by atoms with van der Waals surface area (Å²) in [6.45, 7) is 0. The van der Waals surface area contributed by atoms with E-state index in [0.29, 0.717) is 0 Å². The van der Waals surface area contributed by atoms with E-state index < -0.39 is 0 Å². The fourth-order valence-electron chi connectivity index (χ4n) is 2.69. The van der Waals surface area contributed by atoms with Crippen molar-refractivity contribution in [2.45, 2.75) is 0 Å². The molecule has 4 aromatic rings. The summed E-state index contributed by atoms with van der Waals surface area (Å²) in [5.41, 5.74) is 3.09. The van der Waals surface area contributed by atoms with Crippen LogP contribution in [0.4, 0.5) is 0 Å². The van der Waals surface area contributed by atoms with E-state index in [1.165, 1.54) is 0 Å². The quantitative estimate of drug-likeness (QED) is 0.482. The third kappa shape index (κ3) is 2.76. The molecular weight excluding hydrogens is 362 g/mol. The molecule has 4 rings (SSSR count). The van der Waals surface area contributed by atoms with Gasteiger partial charge in [-0.3, -0.25) is 4.57 Å². The molecule has 0 amide bonds. The van der Waals surface area contributed by atoms with Crippen LogP contribution in [-0.4, -0.2) is 14.8 Å². The average Bonchev–Trinajstić information content (AvgIpc) is 3.08. The van der Waals surface area contributed by atoms with Gasteiger partial charge < -0.3 is 0 Å². The Kier molecular flexibility index (Phi) is 3.97. The molecule has 0 spiro atoms. The van der Waals surface area contributed by atoms with Gasteiger partial charge in [-0.05, 0) is 24.3 Å². The molecule has 0 bridgehead atoms. The van der Waals surface area contributed by atoms with Crippen LogP contribution in [0.5, 0.6) is 0 Å². The molecule has 0 aliphatic heterocycles. The van der Waals surface area contributed by atoms with E-state index in [1.807, 2.05) is 66.7 Å². The molecule has 1 aromatic heterocycles. The molecule has 0 radical (unpaired) electrons. The van der Waals surface area contributed by atoms with Crippen LogP contribution < -0.4 is 0 Å². The molecule has 3 aromatic carbocycles. The van der Waals surface area contributed by atoms with Crippen LogP contribution in [-0.2, 0) is 0 Å². The maximum atomic E-state index is 4.47. The van der Waals surface area contributed by atoms with Crippen molar-refractivity contribution in [3.63, 3.8) is 0 Å². The van der Waals surface area contributed by atoms with Crippen LogP contribution in [0.1, 0.15) is 0 Å². The fraction of sp³-hybridized carbons (Fsp3) is 0. The maximum absolute atomic E-state index is 4.47. The standard InChI is InChI=1S/C20H14BrN3/c21-17-11-7-10-16(14-17)20-23-22-19(15-8-3-1-4-9-15)24(20)18-12-5-2-6-13-18/h1-14H. The van der Waals surface area contributed by atoms with Gasteiger partial charge in [0.25, 0.3) is 0 Å². The predicted molar refractivity (Wildman–Crippen MR) is 99.9 cm³/mol. The largest absolute Gasteiger partial charge is 0.275 e. The summed E-state index contributed by atoms with van der Waals surface area (Å²) >= 11 is 3.53. The van der Waals surface area contributed by atoms with Gasteiger partial charge >= 0.3 is 0 Å². The van der Waals surface area contributed by atoms with E-state index in [0.717, 1.165) is 32.9 Å². The molecule has 0 fully saturated rings. The summed E-state index contributed by atoms with van der Waals surface area (Å²) in [5, 5.41) is 8.94. The minimum absolute atomic E-state index is 0.821. The molecule has 1 heterocycles. The van der Waals surface area contributed by atoms with E-state index in [2.05, 4.69) is 48.9 Å². The SMILES string of the molecule is Brc1cccc(-c2nnc(-c3ccccc3)n2-c2ccccc2)c1. The lowest BCUT2D eigenvalue weighted by atomic mass is 10.1. The Labute approximate surface area is 148 Å². The topological polar surface area (TPSA) is 30.7 Å². The van der Waals surface area contributed by atoms with Crippen LogP contribution >= 0.6 is 15.9 Å². The number of para-hydroxylation sites is 1. The molecule has 0 atom stereocenters. The van der Waals surface area contributed by atoms with Crippen LogP contribution in [0.3, 0.4) is 0 Å². The van der Waals surface area contributed by atoms with Gasteiger partial charge in [0, 0.05) is 21.3 Å². The normalized spacial score (nSPS) is 10.7. The predicted octanol–water partition coefficient (Wildman–Crippen LogP) is 5.36. The molecule has 0 saturated heterocycles. The molecule has 116 valence electrons. The third-order valence-corrected chi connectivity index (χ3v) is 4.29. The Morgan fingerprint density at radius 1 is 0.625 bits per heavy atom. The first kappa shape index (κ1) is 14.8. The molecule has 3 nitrogen and oxygen atoms in total. The van der Waals surface area contributed by atoms with E-state index in [1.54, 1.807) is 0 Å². The zero-order valence-electron chi connectivity index (χ0n) is 12.8. The highest BCUT2D eigenvalue weighted by Crippen LogP contribution is 2.29. The van der Waals surface area contributed by atoms with Crippen molar-refractivity contribution in [3.8, 4) is 28.5 Å². The van der Waals surface area contributed by atoms with Crippen LogP contribution in [0.25, 0.3) is 28.5 Å². The molecule has 0 aliphatic carbocycles. The lowest BCUT2D eigenvalue weighted by Crippen LogP contribution is -2.00. The van der Waals surface area contributed by atoms with Crippen molar-refractivity contribution in [1.82, 2.24) is 14.8 Å². The van der Waals surface area contributed by atoms with Crippen LogP contribution in [0.15, 0.2) is 89.4 Å². The molecule has 0 aliphatic rings. The zero-order valence-corrected chi connectivity index (χ0v) is 14.4. The molecule has 4 heteroatoms. The van der Waals surface area contributed by atoms with E-state index >= 15 is 0 Å². The molecular formula is C20H14BrN3. The first-order valence-electron chi connectivity index (χ1n) is 7.65. The minimum atomic E-state index is 0.821. The minimum Gasteiger partial charge on any atom is -0.275 e. The lowest BCUT2D eigenvalue weighted by molar-refractivity contribution is 1.07. The molecule has 0 N–H and O–H groups in total. The molecule has 0 saturated carbocycles. The van der Waals surface area contributed by atoms with Crippen LogP contribution in [0.2, 0.25) is 0 Å². The number of aromatic nitrogens is 3. The number of hydrogen-bond donors (Lipinski definition) is 0. The summed E-state index contributed by atoms with van der Waals surface area (Å²) in [7, 11) is 0. The Balaban J connectivity index is 1.97. The summed E-state index contributed by atoms with van der Waals surface area (Å²) < 4.78 is 3.11. The van der Waals surface area contributed by atoms with Gasteiger partial charge in [0.1, 0.15) is 0 Å². The van der Waals surface area contributed by atoms with Crippen molar-refractivity contribution in [1.29, 1.82) is 0 Å². The second kappa shape index (κ2) is 6.42. The highest BCUT2D eigenvalue weighted by molar-refractivity contribution is 9.10. The van der Waals surface area contributed by atoms with Gasteiger partial charge in [0.15, 0.2) is 11.6 Å². The van der Waals surface area contributed by atoms with Crippen molar-refractivity contribution in [2.24, 2.45) is 0 Å². The summed E-state index contributed by atoms with van der Waals surface area (Å²) in [5.74, 6) is 1.65. The fourth-order valence-corrected chi connectivity index (χ4v) is 3.09. The van der Waals surface area contributed by atoms with E-state index in [4.69, 9.17) is 0 Å². The highest BCUT2D eigenvalue weighted by Gasteiger charge is 2.16. The average molecular weight is 376 g/mol. The second-order valence-electron chi connectivity index (χ2n) is 5.39. The summed E-state index contributed by atoms with van der Waals surface area (Å²) in [6, 6.07) is 28.4. The Morgan fingerprint density at radius 3 is 1.88 bits per heavy atom. The number of hydrogen-bond acceptors (Lipinski definition) is 2. The first-order valence-corrected chi connectivity index (χ1v) is 8.44. The van der Waals surface area contributed by atoms with Gasteiger partial charge in [-0.25, -0.2) is 0 Å². The number of halogens is 1. The van der Waals surface area contributed by atoms with E-state index in [9.17, 15) is 0 Å². The van der Waals surface area contributed by atoms with Crippen molar-refractivity contribution >= 4 is 15.9 Å². The van der Waals surface area contributed by atoms with Crippen molar-refractivity contribution in [2.75, 3.05) is 0 Å². The smallest absolute Gasteiger partial charge is 0.168 e. The maximum Gasteiger partial charge on any atom is 0.168 e.